The highest BCUT2D eigenvalue weighted by molar-refractivity contribution is 5.78. The molecule has 0 atom stereocenters. The number of fused-ring (bicyclic) bond motifs is 1. The maximum atomic E-state index is 11.8. The number of H-pyrrole nitrogens is 1. The average molecular weight is 231 g/mol. The molecular weight excluding hydrogens is 222 g/mol. The summed E-state index contributed by atoms with van der Waals surface area (Å²) in [5.74, 6) is 15.9. The lowest BCUT2D eigenvalue weighted by molar-refractivity contribution is 1.34. The molecule has 0 saturated carbocycles. The number of hydrogen-bond donors (Lipinski definition) is 1. The molecule has 0 aliphatic rings. The van der Waals surface area contributed by atoms with Crippen LogP contribution in [0, 0.1) is 35.5 Å². The summed E-state index contributed by atoms with van der Waals surface area (Å²) in [5.41, 5.74) is 1.28. The molecule has 0 fully saturated rings. The van der Waals surface area contributed by atoms with Crippen LogP contribution in [0.3, 0.4) is 0 Å². The minimum Gasteiger partial charge on any atom is -0.348 e. The summed E-state index contributed by atoms with van der Waals surface area (Å²) >= 11 is 0. The Morgan fingerprint density at radius 1 is 1.06 bits per heavy atom. The van der Waals surface area contributed by atoms with Crippen molar-refractivity contribution in [3.8, 4) is 35.5 Å². The fourth-order valence-electron chi connectivity index (χ4n) is 1.49. The Morgan fingerprint density at radius 3 is 2.67 bits per heavy atom. The van der Waals surface area contributed by atoms with Crippen molar-refractivity contribution in [3.63, 3.8) is 0 Å². The topological polar surface area (TPSA) is 32.9 Å². The van der Waals surface area contributed by atoms with Crippen LogP contribution in [0.5, 0.6) is 0 Å². The van der Waals surface area contributed by atoms with Gasteiger partial charge in [0, 0.05) is 11.5 Å². The van der Waals surface area contributed by atoms with Crippen molar-refractivity contribution in [2.45, 2.75) is 6.92 Å². The zero-order valence-corrected chi connectivity index (χ0v) is 9.79. The first-order valence-corrected chi connectivity index (χ1v) is 5.36. The van der Waals surface area contributed by atoms with Gasteiger partial charge in [0.25, 0.3) is 0 Å². The van der Waals surface area contributed by atoms with E-state index in [1.807, 2.05) is 18.2 Å². The monoisotopic (exact) mass is 231 g/mol. The van der Waals surface area contributed by atoms with E-state index in [-0.39, 0.29) is 5.43 Å². The molecule has 1 heterocycles. The number of benzene rings is 1. The van der Waals surface area contributed by atoms with Crippen LogP contribution < -0.4 is 5.43 Å². The highest BCUT2D eigenvalue weighted by Crippen LogP contribution is 2.06. The Bertz CT molecular complexity index is 824. The van der Waals surface area contributed by atoms with Crippen molar-refractivity contribution in [1.82, 2.24) is 4.98 Å². The molecule has 1 aromatic carbocycles. The van der Waals surface area contributed by atoms with Crippen molar-refractivity contribution in [3.05, 3.63) is 46.2 Å². The number of rotatable bonds is 0. The van der Waals surface area contributed by atoms with Gasteiger partial charge >= 0.3 is 0 Å². The summed E-state index contributed by atoms with van der Waals surface area (Å²) < 4.78 is 0. The molecule has 18 heavy (non-hydrogen) atoms. The van der Waals surface area contributed by atoms with Gasteiger partial charge in [0.1, 0.15) is 0 Å². The fourth-order valence-corrected chi connectivity index (χ4v) is 1.49. The minimum absolute atomic E-state index is 0.0463. The lowest BCUT2D eigenvalue weighted by Crippen LogP contribution is -2.02. The van der Waals surface area contributed by atoms with Gasteiger partial charge in [-0.3, -0.25) is 4.79 Å². The van der Waals surface area contributed by atoms with E-state index < -0.39 is 0 Å². The van der Waals surface area contributed by atoms with Gasteiger partial charge in [0.05, 0.1) is 11.2 Å². The van der Waals surface area contributed by atoms with Gasteiger partial charge in [-0.1, -0.05) is 18.1 Å². The molecular formula is C16H9NO. The molecule has 0 unspecified atom stereocenters. The first kappa shape index (κ1) is 11.6. The van der Waals surface area contributed by atoms with E-state index in [1.54, 1.807) is 13.0 Å². The minimum atomic E-state index is -0.0463. The molecule has 1 N–H and O–H groups in total. The van der Waals surface area contributed by atoms with Gasteiger partial charge in [-0.15, -0.1) is 0 Å². The highest BCUT2D eigenvalue weighted by atomic mass is 16.1. The largest absolute Gasteiger partial charge is 0.348 e. The van der Waals surface area contributed by atoms with Crippen LogP contribution in [0.2, 0.25) is 0 Å². The third-order valence-electron chi connectivity index (χ3n) is 2.25. The van der Waals surface area contributed by atoms with Crippen molar-refractivity contribution < 1.29 is 0 Å². The van der Waals surface area contributed by atoms with Crippen LogP contribution >= 0.6 is 0 Å². The summed E-state index contributed by atoms with van der Waals surface area (Å²) in [7, 11) is 0. The van der Waals surface area contributed by atoms with E-state index >= 15 is 0 Å². The summed E-state index contributed by atoms with van der Waals surface area (Å²) in [6.07, 6.45) is 0. The molecule has 0 aliphatic heterocycles. The summed E-state index contributed by atoms with van der Waals surface area (Å²) in [4.78, 5) is 14.9. The van der Waals surface area contributed by atoms with E-state index in [1.165, 1.54) is 6.07 Å². The molecule has 0 amide bonds. The number of pyridine rings is 1. The van der Waals surface area contributed by atoms with Crippen LogP contribution in [0.4, 0.5) is 0 Å². The Kier molecular flexibility index (Phi) is 3.50. The Balaban J connectivity index is 2.44. The molecule has 1 aromatic heterocycles. The predicted octanol–water partition coefficient (Wildman–Crippen LogP) is 1.91. The van der Waals surface area contributed by atoms with Crippen LogP contribution in [0.15, 0.2) is 35.1 Å². The third kappa shape index (κ3) is 2.62. The molecule has 0 bridgehead atoms. The molecule has 2 rings (SSSR count). The number of para-hydroxylation sites is 1. The Morgan fingerprint density at radius 2 is 1.83 bits per heavy atom. The quantitative estimate of drug-likeness (QED) is 0.690. The zero-order chi connectivity index (χ0) is 12.8. The van der Waals surface area contributed by atoms with Crippen molar-refractivity contribution >= 4 is 10.9 Å². The molecule has 0 saturated heterocycles. The summed E-state index contributed by atoms with van der Waals surface area (Å²) in [5, 5.41) is 0.658. The van der Waals surface area contributed by atoms with Crippen molar-refractivity contribution in [2.24, 2.45) is 0 Å². The van der Waals surface area contributed by atoms with Gasteiger partial charge in [0.15, 0.2) is 5.43 Å². The lowest BCUT2D eigenvalue weighted by Gasteiger charge is -1.97. The number of aromatic amines is 1. The second-order valence-electron chi connectivity index (χ2n) is 3.47. The second kappa shape index (κ2) is 5.44. The standard InChI is InChI=1S/C16H9NO/c1-2-3-4-5-6-9-13-12-16(18)14-10-7-8-11-15(14)17-13/h7-8,10-12H,1H3,(H,17,18). The fraction of sp³-hybridized carbons (Fsp3) is 0.0625. The van der Waals surface area contributed by atoms with Crippen LogP contribution in [0.25, 0.3) is 10.9 Å². The number of hydrogen-bond acceptors (Lipinski definition) is 1. The molecule has 2 heteroatoms. The maximum absolute atomic E-state index is 11.8. The average Bonchev–Trinajstić information content (AvgIpc) is 2.39. The predicted molar refractivity (Wildman–Crippen MR) is 72.7 cm³/mol. The summed E-state index contributed by atoms with van der Waals surface area (Å²) in [6, 6.07) is 8.80. The first-order chi connectivity index (χ1) is 8.81. The molecule has 0 aliphatic carbocycles. The van der Waals surface area contributed by atoms with Crippen LogP contribution in [-0.4, -0.2) is 4.98 Å². The van der Waals surface area contributed by atoms with Crippen molar-refractivity contribution in [2.75, 3.05) is 0 Å². The number of nitrogens with one attached hydrogen (secondary N) is 1. The Labute approximate surface area is 105 Å². The van der Waals surface area contributed by atoms with Gasteiger partial charge in [0.2, 0.25) is 0 Å². The molecule has 0 radical (unpaired) electrons. The molecule has 2 nitrogen and oxygen atoms in total. The van der Waals surface area contributed by atoms with Crippen molar-refractivity contribution in [1.29, 1.82) is 0 Å². The molecule has 0 spiro atoms. The maximum Gasteiger partial charge on any atom is 0.190 e. The summed E-state index contributed by atoms with van der Waals surface area (Å²) in [6.45, 7) is 1.71. The van der Waals surface area contributed by atoms with E-state index in [2.05, 4.69) is 40.5 Å². The van der Waals surface area contributed by atoms with Gasteiger partial charge in [-0.05, 0) is 48.7 Å². The van der Waals surface area contributed by atoms with E-state index in [0.29, 0.717) is 11.1 Å². The van der Waals surface area contributed by atoms with Crippen LogP contribution in [-0.2, 0) is 0 Å². The highest BCUT2D eigenvalue weighted by Gasteiger charge is 1.98. The molecule has 2 aromatic rings. The molecule has 84 valence electrons. The SMILES string of the molecule is CC#CC#CC#Cc1cc(=O)c2ccccc2[nH]1. The normalized spacial score (nSPS) is 8.28. The number of aromatic nitrogens is 1. The van der Waals surface area contributed by atoms with E-state index in [9.17, 15) is 4.79 Å². The van der Waals surface area contributed by atoms with Crippen LogP contribution in [0.1, 0.15) is 12.6 Å². The smallest absolute Gasteiger partial charge is 0.190 e. The zero-order valence-electron chi connectivity index (χ0n) is 9.79. The van der Waals surface area contributed by atoms with E-state index in [4.69, 9.17) is 0 Å². The lowest BCUT2D eigenvalue weighted by atomic mass is 10.2. The first-order valence-electron chi connectivity index (χ1n) is 5.36. The van der Waals surface area contributed by atoms with Gasteiger partial charge in [-0.25, -0.2) is 0 Å². The Hall–Kier alpha value is -2.89. The van der Waals surface area contributed by atoms with Gasteiger partial charge < -0.3 is 4.98 Å². The van der Waals surface area contributed by atoms with Gasteiger partial charge in [-0.2, -0.15) is 0 Å². The van der Waals surface area contributed by atoms with E-state index in [0.717, 1.165) is 5.52 Å². The second-order valence-corrected chi connectivity index (χ2v) is 3.47. The third-order valence-corrected chi connectivity index (χ3v) is 2.25.